The number of amides is 1. The Balaban J connectivity index is 1.66. The Kier molecular flexibility index (Phi) is 5.66. The van der Waals surface area contributed by atoms with Crippen molar-refractivity contribution in [3.63, 3.8) is 0 Å². The topological polar surface area (TPSA) is 54.5 Å². The van der Waals surface area contributed by atoms with Crippen molar-refractivity contribution in [2.75, 3.05) is 31.2 Å². The van der Waals surface area contributed by atoms with Gasteiger partial charge < -0.3 is 15.0 Å². The van der Waals surface area contributed by atoms with Gasteiger partial charge in [-0.15, -0.1) is 0 Å². The Labute approximate surface area is 142 Å². The molecule has 0 saturated carbocycles. The van der Waals surface area contributed by atoms with E-state index in [0.717, 1.165) is 32.2 Å². The highest BCUT2D eigenvalue weighted by molar-refractivity contribution is 5.79. The smallest absolute Gasteiger partial charge is 0.223 e. The second kappa shape index (κ2) is 7.92. The Morgan fingerprint density at radius 2 is 2.21 bits per heavy atom. The van der Waals surface area contributed by atoms with E-state index in [2.05, 4.69) is 17.2 Å². The molecule has 24 heavy (non-hydrogen) atoms. The zero-order valence-electron chi connectivity index (χ0n) is 14.2. The van der Waals surface area contributed by atoms with Crippen molar-refractivity contribution in [3.8, 4) is 0 Å². The average Bonchev–Trinajstić information content (AvgIpc) is 2.99. The van der Waals surface area contributed by atoms with Gasteiger partial charge in [0.2, 0.25) is 5.91 Å². The van der Waals surface area contributed by atoms with Crippen LogP contribution in [0.25, 0.3) is 0 Å². The van der Waals surface area contributed by atoms with Crippen LogP contribution in [0.3, 0.4) is 0 Å². The van der Waals surface area contributed by atoms with Gasteiger partial charge >= 0.3 is 0 Å². The molecule has 0 bridgehead atoms. The highest BCUT2D eigenvalue weighted by atomic mass is 19.1. The second-order valence-corrected chi connectivity index (χ2v) is 6.76. The molecule has 3 heterocycles. The van der Waals surface area contributed by atoms with Crippen LogP contribution in [0, 0.1) is 17.7 Å². The summed E-state index contributed by atoms with van der Waals surface area (Å²) >= 11 is 0. The molecule has 0 aromatic carbocycles. The van der Waals surface area contributed by atoms with Gasteiger partial charge in [-0.3, -0.25) is 4.79 Å². The predicted molar refractivity (Wildman–Crippen MR) is 90.3 cm³/mol. The van der Waals surface area contributed by atoms with E-state index < -0.39 is 0 Å². The first-order valence-corrected chi connectivity index (χ1v) is 8.92. The van der Waals surface area contributed by atoms with Crippen molar-refractivity contribution in [1.29, 1.82) is 0 Å². The van der Waals surface area contributed by atoms with E-state index in [1.165, 1.54) is 6.07 Å². The SMILES string of the molecule is CCC[C@H]1CN(c2ncccc2F)C[C@@H]1NC(=O)C1CCOCC1. The normalized spacial score (nSPS) is 25.0. The number of ether oxygens (including phenoxy) is 1. The molecule has 0 spiro atoms. The number of hydrogen-bond acceptors (Lipinski definition) is 4. The van der Waals surface area contributed by atoms with Crippen LogP contribution < -0.4 is 10.2 Å². The fourth-order valence-electron chi connectivity index (χ4n) is 3.74. The number of nitrogens with zero attached hydrogens (tertiary/aromatic N) is 2. The van der Waals surface area contributed by atoms with Gasteiger partial charge in [0.25, 0.3) is 0 Å². The zero-order chi connectivity index (χ0) is 16.9. The van der Waals surface area contributed by atoms with E-state index in [4.69, 9.17) is 4.74 Å². The van der Waals surface area contributed by atoms with Crippen molar-refractivity contribution < 1.29 is 13.9 Å². The van der Waals surface area contributed by atoms with Gasteiger partial charge in [0, 0.05) is 38.4 Å². The summed E-state index contributed by atoms with van der Waals surface area (Å²) in [5, 5.41) is 3.22. The molecule has 6 heteroatoms. The number of anilines is 1. The van der Waals surface area contributed by atoms with Crippen molar-refractivity contribution in [2.24, 2.45) is 11.8 Å². The molecule has 2 aliphatic rings. The Morgan fingerprint density at radius 3 is 2.92 bits per heavy atom. The molecule has 1 aromatic heterocycles. The molecule has 1 aromatic rings. The number of halogens is 1. The van der Waals surface area contributed by atoms with Crippen LogP contribution in [-0.4, -0.2) is 43.2 Å². The molecule has 2 aliphatic heterocycles. The van der Waals surface area contributed by atoms with Crippen molar-refractivity contribution in [2.45, 2.75) is 38.6 Å². The van der Waals surface area contributed by atoms with Crippen molar-refractivity contribution >= 4 is 11.7 Å². The van der Waals surface area contributed by atoms with Crippen LogP contribution in [0.4, 0.5) is 10.2 Å². The van der Waals surface area contributed by atoms with Crippen LogP contribution in [0.1, 0.15) is 32.6 Å². The van der Waals surface area contributed by atoms with Gasteiger partial charge in [-0.1, -0.05) is 13.3 Å². The molecular weight excluding hydrogens is 309 g/mol. The van der Waals surface area contributed by atoms with E-state index in [0.29, 0.717) is 31.5 Å². The Hall–Kier alpha value is -1.69. The van der Waals surface area contributed by atoms with Gasteiger partial charge in [0.05, 0.1) is 6.04 Å². The number of rotatable bonds is 5. The first-order valence-electron chi connectivity index (χ1n) is 8.92. The minimum absolute atomic E-state index is 0.0432. The predicted octanol–water partition coefficient (Wildman–Crippen LogP) is 2.37. The third kappa shape index (κ3) is 3.86. The molecule has 0 unspecified atom stereocenters. The van der Waals surface area contributed by atoms with Crippen molar-refractivity contribution in [3.05, 3.63) is 24.1 Å². The molecule has 2 fully saturated rings. The fourth-order valence-corrected chi connectivity index (χ4v) is 3.74. The van der Waals surface area contributed by atoms with Gasteiger partial charge in [-0.25, -0.2) is 9.37 Å². The Bertz CT molecular complexity index is 563. The third-order valence-corrected chi connectivity index (χ3v) is 5.06. The first-order chi connectivity index (χ1) is 11.7. The molecule has 3 rings (SSSR count). The van der Waals surface area contributed by atoms with Gasteiger partial charge in [-0.05, 0) is 37.3 Å². The molecule has 1 amide bonds. The Morgan fingerprint density at radius 1 is 1.42 bits per heavy atom. The summed E-state index contributed by atoms with van der Waals surface area (Å²) in [6.45, 7) is 4.81. The molecule has 2 saturated heterocycles. The molecule has 132 valence electrons. The summed E-state index contributed by atoms with van der Waals surface area (Å²) in [4.78, 5) is 18.7. The number of aromatic nitrogens is 1. The zero-order valence-corrected chi connectivity index (χ0v) is 14.2. The number of pyridine rings is 1. The average molecular weight is 335 g/mol. The lowest BCUT2D eigenvalue weighted by molar-refractivity contribution is -0.128. The van der Waals surface area contributed by atoms with Crippen LogP contribution in [-0.2, 0) is 9.53 Å². The number of nitrogens with one attached hydrogen (secondary N) is 1. The van der Waals surface area contributed by atoms with E-state index in [1.807, 2.05) is 4.90 Å². The third-order valence-electron chi connectivity index (χ3n) is 5.06. The second-order valence-electron chi connectivity index (χ2n) is 6.76. The maximum atomic E-state index is 14.0. The highest BCUT2D eigenvalue weighted by Gasteiger charge is 2.36. The lowest BCUT2D eigenvalue weighted by atomic mass is 9.95. The number of carbonyl (C=O) groups is 1. The molecule has 1 N–H and O–H groups in total. The van der Waals surface area contributed by atoms with Gasteiger partial charge in [-0.2, -0.15) is 0 Å². The van der Waals surface area contributed by atoms with E-state index in [-0.39, 0.29) is 23.7 Å². The number of carbonyl (C=O) groups excluding carboxylic acids is 1. The largest absolute Gasteiger partial charge is 0.381 e. The molecule has 2 atom stereocenters. The van der Waals surface area contributed by atoms with E-state index in [1.54, 1.807) is 12.3 Å². The van der Waals surface area contributed by atoms with Crippen molar-refractivity contribution in [1.82, 2.24) is 10.3 Å². The van der Waals surface area contributed by atoms with E-state index in [9.17, 15) is 9.18 Å². The summed E-state index contributed by atoms with van der Waals surface area (Å²) in [5.74, 6) is 0.583. The lowest BCUT2D eigenvalue weighted by Gasteiger charge is -2.25. The summed E-state index contributed by atoms with van der Waals surface area (Å²) in [6, 6.07) is 3.09. The first kappa shape index (κ1) is 17.1. The minimum atomic E-state index is -0.302. The summed E-state index contributed by atoms with van der Waals surface area (Å²) in [5.41, 5.74) is 0. The highest BCUT2D eigenvalue weighted by Crippen LogP contribution is 2.28. The standard InChI is InChI=1S/C18H26FN3O2/c1-2-4-14-11-22(17-15(19)5-3-8-20-17)12-16(14)21-18(23)13-6-9-24-10-7-13/h3,5,8,13-14,16H,2,4,6-7,9-12H2,1H3,(H,21,23)/t14-,16-/m0/s1. The van der Waals surface area contributed by atoms with Gasteiger partial charge in [0.1, 0.15) is 0 Å². The van der Waals surface area contributed by atoms with Crippen LogP contribution in [0.15, 0.2) is 18.3 Å². The maximum absolute atomic E-state index is 14.0. The molecule has 5 nitrogen and oxygen atoms in total. The van der Waals surface area contributed by atoms with Gasteiger partial charge in [0.15, 0.2) is 11.6 Å². The fraction of sp³-hybridized carbons (Fsp3) is 0.667. The van der Waals surface area contributed by atoms with Crippen LogP contribution in [0.2, 0.25) is 0 Å². The van der Waals surface area contributed by atoms with Crippen LogP contribution in [0.5, 0.6) is 0 Å². The summed E-state index contributed by atoms with van der Waals surface area (Å²) in [6.07, 6.45) is 5.25. The summed E-state index contributed by atoms with van der Waals surface area (Å²) < 4.78 is 19.4. The monoisotopic (exact) mass is 335 g/mol. The maximum Gasteiger partial charge on any atom is 0.223 e. The minimum Gasteiger partial charge on any atom is -0.381 e. The van der Waals surface area contributed by atoms with E-state index >= 15 is 0 Å². The molecule has 0 radical (unpaired) electrons. The number of hydrogen-bond donors (Lipinski definition) is 1. The lowest BCUT2D eigenvalue weighted by Crippen LogP contribution is -2.44. The molecule has 0 aliphatic carbocycles. The summed E-state index contributed by atoms with van der Waals surface area (Å²) in [7, 11) is 0. The van der Waals surface area contributed by atoms with Crippen LogP contribution >= 0.6 is 0 Å². The molecular formula is C18H26FN3O2. The quantitative estimate of drug-likeness (QED) is 0.897.